The zero-order valence-electron chi connectivity index (χ0n) is 13.7. The standard InChI is InChI=1S/C17H27ClN2O/c1-6-15(13-7-9-14(18)10-8-13)19-16(11-12(2)3)17(21)20(4)5/h7-10,12,15-16,19H,6,11H2,1-5H3. The van der Waals surface area contributed by atoms with Gasteiger partial charge in [-0.3, -0.25) is 10.1 Å². The summed E-state index contributed by atoms with van der Waals surface area (Å²) in [4.78, 5) is 14.0. The number of nitrogens with one attached hydrogen (secondary N) is 1. The van der Waals surface area contributed by atoms with Crippen molar-refractivity contribution in [2.24, 2.45) is 5.92 Å². The molecule has 1 aromatic carbocycles. The molecule has 2 unspecified atom stereocenters. The Labute approximate surface area is 133 Å². The van der Waals surface area contributed by atoms with Crippen LogP contribution in [0.15, 0.2) is 24.3 Å². The molecule has 3 nitrogen and oxygen atoms in total. The van der Waals surface area contributed by atoms with E-state index in [0.29, 0.717) is 5.92 Å². The van der Waals surface area contributed by atoms with Crippen molar-refractivity contribution in [3.05, 3.63) is 34.9 Å². The monoisotopic (exact) mass is 310 g/mol. The highest BCUT2D eigenvalue weighted by Gasteiger charge is 2.24. The predicted molar refractivity (Wildman–Crippen MR) is 89.6 cm³/mol. The maximum atomic E-state index is 12.4. The Morgan fingerprint density at radius 1 is 1.24 bits per heavy atom. The van der Waals surface area contributed by atoms with Crippen molar-refractivity contribution in [3.63, 3.8) is 0 Å². The molecule has 0 saturated heterocycles. The number of amides is 1. The van der Waals surface area contributed by atoms with Crippen molar-refractivity contribution in [2.45, 2.75) is 45.7 Å². The summed E-state index contributed by atoms with van der Waals surface area (Å²) in [7, 11) is 3.61. The van der Waals surface area contributed by atoms with Gasteiger partial charge >= 0.3 is 0 Å². The van der Waals surface area contributed by atoms with E-state index in [4.69, 9.17) is 11.6 Å². The Hall–Kier alpha value is -1.06. The second kappa shape index (κ2) is 8.40. The summed E-state index contributed by atoms with van der Waals surface area (Å²) in [6, 6.07) is 7.85. The summed E-state index contributed by atoms with van der Waals surface area (Å²) in [5.74, 6) is 0.602. The molecule has 1 N–H and O–H groups in total. The van der Waals surface area contributed by atoms with Gasteiger partial charge in [0.15, 0.2) is 0 Å². The lowest BCUT2D eigenvalue weighted by atomic mass is 9.98. The average Bonchev–Trinajstić information content (AvgIpc) is 2.43. The van der Waals surface area contributed by atoms with E-state index in [1.54, 1.807) is 19.0 Å². The fourth-order valence-corrected chi connectivity index (χ4v) is 2.54. The number of carbonyl (C=O) groups excluding carboxylic acids is 1. The smallest absolute Gasteiger partial charge is 0.239 e. The maximum absolute atomic E-state index is 12.4. The zero-order valence-corrected chi connectivity index (χ0v) is 14.4. The van der Waals surface area contributed by atoms with Gasteiger partial charge in [-0.25, -0.2) is 0 Å². The highest BCUT2D eigenvalue weighted by atomic mass is 35.5. The van der Waals surface area contributed by atoms with Crippen LogP contribution in [-0.4, -0.2) is 30.9 Å². The zero-order chi connectivity index (χ0) is 16.0. The Morgan fingerprint density at radius 3 is 2.24 bits per heavy atom. The van der Waals surface area contributed by atoms with E-state index >= 15 is 0 Å². The van der Waals surface area contributed by atoms with Gasteiger partial charge in [-0.1, -0.05) is 44.5 Å². The predicted octanol–water partition coefficient (Wildman–Crippen LogP) is 3.88. The van der Waals surface area contributed by atoms with Crippen LogP contribution in [0.5, 0.6) is 0 Å². The van der Waals surface area contributed by atoms with Gasteiger partial charge in [0.05, 0.1) is 6.04 Å². The largest absolute Gasteiger partial charge is 0.347 e. The molecule has 2 atom stereocenters. The molecule has 1 amide bonds. The van der Waals surface area contributed by atoms with E-state index in [1.807, 2.05) is 24.3 Å². The van der Waals surface area contributed by atoms with Crippen molar-refractivity contribution < 1.29 is 4.79 Å². The van der Waals surface area contributed by atoms with Gasteiger partial charge in [-0.2, -0.15) is 0 Å². The van der Waals surface area contributed by atoms with Crippen LogP contribution in [0, 0.1) is 5.92 Å². The highest BCUT2D eigenvalue weighted by molar-refractivity contribution is 6.30. The van der Waals surface area contributed by atoms with E-state index in [-0.39, 0.29) is 18.0 Å². The fourth-order valence-electron chi connectivity index (χ4n) is 2.41. The number of rotatable bonds is 7. The summed E-state index contributed by atoms with van der Waals surface area (Å²) in [6.45, 7) is 6.40. The third-order valence-electron chi connectivity index (χ3n) is 3.53. The van der Waals surface area contributed by atoms with Gasteiger partial charge < -0.3 is 4.90 Å². The fraction of sp³-hybridized carbons (Fsp3) is 0.588. The van der Waals surface area contributed by atoms with Crippen molar-refractivity contribution in [2.75, 3.05) is 14.1 Å². The average molecular weight is 311 g/mol. The summed E-state index contributed by atoms with van der Waals surface area (Å²) in [5, 5.41) is 4.25. The second-order valence-electron chi connectivity index (χ2n) is 6.09. The van der Waals surface area contributed by atoms with E-state index in [1.165, 1.54) is 5.56 Å². The summed E-state index contributed by atoms with van der Waals surface area (Å²) >= 11 is 5.94. The first-order valence-electron chi connectivity index (χ1n) is 7.57. The minimum Gasteiger partial charge on any atom is -0.347 e. The lowest BCUT2D eigenvalue weighted by molar-refractivity contribution is -0.131. The quantitative estimate of drug-likeness (QED) is 0.829. The van der Waals surface area contributed by atoms with Crippen LogP contribution < -0.4 is 5.32 Å². The van der Waals surface area contributed by atoms with Gasteiger partial charge in [0, 0.05) is 25.2 Å². The topological polar surface area (TPSA) is 32.3 Å². The molecular weight excluding hydrogens is 284 g/mol. The molecule has 0 spiro atoms. The molecule has 0 aromatic heterocycles. The van der Waals surface area contributed by atoms with Crippen molar-refractivity contribution in [1.82, 2.24) is 10.2 Å². The number of halogens is 1. The Kier molecular flexibility index (Phi) is 7.20. The van der Waals surface area contributed by atoms with Crippen LogP contribution in [0.4, 0.5) is 0 Å². The minimum absolute atomic E-state index is 0.135. The molecule has 0 saturated carbocycles. The van der Waals surface area contributed by atoms with Crippen molar-refractivity contribution in [1.29, 1.82) is 0 Å². The second-order valence-corrected chi connectivity index (χ2v) is 6.53. The Bertz CT molecular complexity index is 443. The lowest BCUT2D eigenvalue weighted by Gasteiger charge is -2.28. The molecule has 0 aliphatic rings. The van der Waals surface area contributed by atoms with Gasteiger partial charge in [0.2, 0.25) is 5.91 Å². The normalized spacial score (nSPS) is 14.0. The van der Waals surface area contributed by atoms with E-state index in [2.05, 4.69) is 26.1 Å². The van der Waals surface area contributed by atoms with Gasteiger partial charge in [-0.05, 0) is 36.5 Å². The summed E-state index contributed by atoms with van der Waals surface area (Å²) < 4.78 is 0. The van der Waals surface area contributed by atoms with Crippen LogP contribution in [0.2, 0.25) is 5.02 Å². The minimum atomic E-state index is -0.152. The van der Waals surface area contributed by atoms with Crippen molar-refractivity contribution in [3.8, 4) is 0 Å². The molecule has 1 aromatic rings. The molecule has 0 radical (unpaired) electrons. The first-order chi connectivity index (χ1) is 9.85. The third-order valence-corrected chi connectivity index (χ3v) is 3.78. The SMILES string of the molecule is CCC(NC(CC(C)C)C(=O)N(C)C)c1ccc(Cl)cc1. The third kappa shape index (κ3) is 5.68. The van der Waals surface area contributed by atoms with Crippen LogP contribution in [-0.2, 0) is 4.79 Å². The lowest BCUT2D eigenvalue weighted by Crippen LogP contribution is -2.45. The van der Waals surface area contributed by atoms with Crippen LogP contribution in [0.25, 0.3) is 0 Å². The molecule has 21 heavy (non-hydrogen) atoms. The molecular formula is C17H27ClN2O. The van der Waals surface area contributed by atoms with Gasteiger partial charge in [0.25, 0.3) is 0 Å². The number of carbonyl (C=O) groups is 1. The molecule has 0 heterocycles. The molecule has 0 aliphatic carbocycles. The molecule has 0 bridgehead atoms. The van der Waals surface area contributed by atoms with Crippen LogP contribution in [0.3, 0.4) is 0 Å². The summed E-state index contributed by atoms with van der Waals surface area (Å²) in [5.41, 5.74) is 1.17. The molecule has 0 fully saturated rings. The van der Waals surface area contributed by atoms with E-state index < -0.39 is 0 Å². The van der Waals surface area contributed by atoms with Crippen LogP contribution >= 0.6 is 11.6 Å². The number of hydrogen-bond acceptors (Lipinski definition) is 2. The molecule has 4 heteroatoms. The Balaban J connectivity index is 2.87. The van der Waals surface area contributed by atoms with Gasteiger partial charge in [-0.15, -0.1) is 0 Å². The van der Waals surface area contributed by atoms with Gasteiger partial charge in [0.1, 0.15) is 0 Å². The first kappa shape index (κ1) is 18.0. The molecule has 118 valence electrons. The molecule has 1 rings (SSSR count). The number of likely N-dealkylation sites (N-methyl/N-ethyl adjacent to an activating group) is 1. The maximum Gasteiger partial charge on any atom is 0.239 e. The van der Waals surface area contributed by atoms with E-state index in [0.717, 1.165) is 17.9 Å². The van der Waals surface area contributed by atoms with E-state index in [9.17, 15) is 4.79 Å². The van der Waals surface area contributed by atoms with Crippen molar-refractivity contribution >= 4 is 17.5 Å². The molecule has 0 aliphatic heterocycles. The number of hydrogen-bond donors (Lipinski definition) is 1. The first-order valence-corrected chi connectivity index (χ1v) is 7.95. The summed E-state index contributed by atoms with van der Waals surface area (Å²) in [6.07, 6.45) is 1.76. The highest BCUT2D eigenvalue weighted by Crippen LogP contribution is 2.21. The van der Waals surface area contributed by atoms with Crippen LogP contribution in [0.1, 0.15) is 45.2 Å². The Morgan fingerprint density at radius 2 is 1.81 bits per heavy atom. The number of benzene rings is 1. The number of nitrogens with zero attached hydrogens (tertiary/aromatic N) is 1.